The molecule has 15 heteroatoms. The summed E-state index contributed by atoms with van der Waals surface area (Å²) in [5.41, 5.74) is 1.26. The summed E-state index contributed by atoms with van der Waals surface area (Å²) in [4.78, 5) is 72.1. The number of carbonyl (C=O) groups excluding carboxylic acids is 5. The minimum Gasteiger partial charge on any atom is -0.460 e. The smallest absolute Gasteiger partial charge is 0.329 e. The summed E-state index contributed by atoms with van der Waals surface area (Å²) >= 11 is 0. The standard InChI is InChI=1S/C53H83NO14/c1-32-16-12-11-13-17-33(2)44(63-8)30-40-21-19-38(7)53(62,68-40)50(59)51(60)54-23-15-14-18-41(54)52(61)67-45(35(4)28-39-20-22-43(66-25-24-55)46(29-39)64-9)31-42(56)34(3)27-37(6)48(58)49(65-10)47(57)36(5)26-32/h11-13,16-17,27,32,34-36,38-41,43-46,48-49,55,58,62H,14-15,18-26,28-31H2,1-10H3/b13-11?,16-12+,33-17?,37-27+/t32-,34-,35-,36-,38-,39+,40+,41+,43-,44+,45+,46-,48?,49+,53-/m1/s1. The molecule has 0 aromatic heterocycles. The number of ether oxygens (including phenoxy) is 6. The number of cyclic esters (lactones) is 1. The van der Waals surface area contributed by atoms with Crippen molar-refractivity contribution < 1.29 is 67.7 Å². The van der Waals surface area contributed by atoms with Crippen molar-refractivity contribution in [2.75, 3.05) is 41.1 Å². The highest BCUT2D eigenvalue weighted by atomic mass is 16.6. The molecule has 0 spiro atoms. The quantitative estimate of drug-likeness (QED) is 0.134. The van der Waals surface area contributed by atoms with Crippen molar-refractivity contribution in [3.05, 3.63) is 47.6 Å². The average Bonchev–Trinajstić information content (AvgIpc) is 3.32. The number of rotatable bonds is 9. The third kappa shape index (κ3) is 15.3. The second-order valence-electron chi connectivity index (χ2n) is 20.2. The first-order valence-corrected chi connectivity index (χ1v) is 25.0. The van der Waals surface area contributed by atoms with Gasteiger partial charge in [0.1, 0.15) is 30.1 Å². The van der Waals surface area contributed by atoms with Gasteiger partial charge in [-0.1, -0.05) is 71.1 Å². The topological polar surface area (TPSA) is 205 Å². The maximum absolute atomic E-state index is 14.5. The molecule has 68 heavy (non-hydrogen) atoms. The molecule has 384 valence electrons. The van der Waals surface area contributed by atoms with E-state index in [1.165, 1.54) is 12.0 Å². The molecule has 1 amide bonds. The van der Waals surface area contributed by atoms with Gasteiger partial charge < -0.3 is 48.6 Å². The summed E-state index contributed by atoms with van der Waals surface area (Å²) in [5, 5.41) is 32.8. The summed E-state index contributed by atoms with van der Waals surface area (Å²) in [6.07, 6.45) is 12.0. The Kier molecular flexibility index (Phi) is 22.9. The van der Waals surface area contributed by atoms with Crippen molar-refractivity contribution in [1.82, 2.24) is 4.90 Å². The van der Waals surface area contributed by atoms with Crippen LogP contribution in [0.2, 0.25) is 0 Å². The Bertz CT molecular complexity index is 1810. The van der Waals surface area contributed by atoms with Crippen LogP contribution in [0.1, 0.15) is 126 Å². The number of nitrogens with zero attached hydrogens (tertiary/aromatic N) is 1. The largest absolute Gasteiger partial charge is 0.460 e. The molecular formula is C53H83NO14. The monoisotopic (exact) mass is 958 g/mol. The van der Waals surface area contributed by atoms with E-state index in [2.05, 4.69) is 0 Å². The van der Waals surface area contributed by atoms with Crippen molar-refractivity contribution in [3.8, 4) is 0 Å². The molecule has 1 unspecified atom stereocenters. The lowest BCUT2D eigenvalue weighted by Crippen LogP contribution is -2.61. The Morgan fingerprint density at radius 3 is 2.26 bits per heavy atom. The van der Waals surface area contributed by atoms with E-state index in [0.29, 0.717) is 63.4 Å². The second-order valence-corrected chi connectivity index (χ2v) is 20.2. The summed E-state index contributed by atoms with van der Waals surface area (Å²) < 4.78 is 35.6. The average molecular weight is 958 g/mol. The van der Waals surface area contributed by atoms with Gasteiger partial charge >= 0.3 is 5.97 Å². The van der Waals surface area contributed by atoms with Crippen LogP contribution in [-0.4, -0.2) is 145 Å². The lowest BCUT2D eigenvalue weighted by molar-refractivity contribution is -0.265. The molecule has 4 aliphatic rings. The molecular weight excluding hydrogens is 875 g/mol. The summed E-state index contributed by atoms with van der Waals surface area (Å²) in [5.74, 6) is -7.96. The summed E-state index contributed by atoms with van der Waals surface area (Å²) in [6, 6.07) is -1.14. The summed E-state index contributed by atoms with van der Waals surface area (Å²) in [7, 11) is 4.58. The SMILES string of the molecule is CO[C@H]1C[C@@H]2CC[C@@H](C)[C@@](O)(O2)C(=O)C(=O)N2CCCC[C@H]2C(=O)O[C@H]([C@H](C)C[C@@H]2CC[C@@H](OCCO)[C@H](OC)C2)CC(=O)[C@H](C)/C=C(\C)C(O)[C@@H](OC)C(=O)[C@H](C)C[C@H](C)/C=C/C=CC=C1C. The van der Waals surface area contributed by atoms with Crippen LogP contribution >= 0.6 is 0 Å². The molecule has 3 aliphatic heterocycles. The number of hydrogen-bond donors (Lipinski definition) is 3. The van der Waals surface area contributed by atoms with Gasteiger partial charge in [-0.3, -0.25) is 19.2 Å². The number of methoxy groups -OCH3 is 3. The molecule has 1 saturated carbocycles. The molecule has 2 saturated heterocycles. The Labute approximate surface area is 405 Å². The van der Waals surface area contributed by atoms with Gasteiger partial charge in [0.05, 0.1) is 37.6 Å². The molecule has 2 bridgehead atoms. The molecule has 4 rings (SSSR count). The minimum atomic E-state index is -2.43. The highest BCUT2D eigenvalue weighted by Crippen LogP contribution is 2.38. The van der Waals surface area contributed by atoms with E-state index in [1.807, 2.05) is 58.1 Å². The predicted molar refractivity (Wildman–Crippen MR) is 256 cm³/mol. The molecule has 15 nitrogen and oxygen atoms in total. The maximum atomic E-state index is 14.5. The third-order valence-electron chi connectivity index (χ3n) is 14.9. The van der Waals surface area contributed by atoms with Crippen LogP contribution in [0.25, 0.3) is 0 Å². The highest BCUT2D eigenvalue weighted by molar-refractivity contribution is 6.39. The molecule has 1 aliphatic carbocycles. The van der Waals surface area contributed by atoms with E-state index in [9.17, 15) is 39.3 Å². The van der Waals surface area contributed by atoms with Gasteiger partial charge in [-0.2, -0.15) is 0 Å². The minimum absolute atomic E-state index is 0.0158. The van der Waals surface area contributed by atoms with Crippen molar-refractivity contribution in [3.63, 3.8) is 0 Å². The number of aliphatic hydroxyl groups is 3. The number of aliphatic hydroxyl groups excluding tert-OH is 2. The zero-order valence-electron chi connectivity index (χ0n) is 42.4. The van der Waals surface area contributed by atoms with Crippen molar-refractivity contribution in [2.24, 2.45) is 35.5 Å². The van der Waals surface area contributed by atoms with E-state index >= 15 is 0 Å². The Morgan fingerprint density at radius 2 is 1.59 bits per heavy atom. The molecule has 15 atom stereocenters. The van der Waals surface area contributed by atoms with Crippen LogP contribution in [0, 0.1) is 35.5 Å². The first-order valence-electron chi connectivity index (χ1n) is 25.0. The van der Waals surface area contributed by atoms with Crippen LogP contribution in [0.3, 0.4) is 0 Å². The predicted octanol–water partition coefficient (Wildman–Crippen LogP) is 6.20. The number of carbonyl (C=O) groups is 5. The number of fused-ring (bicyclic) bond motifs is 3. The number of esters is 1. The number of amides is 1. The van der Waals surface area contributed by atoms with Crippen LogP contribution in [0.4, 0.5) is 0 Å². The van der Waals surface area contributed by atoms with E-state index in [-0.39, 0.29) is 74.1 Å². The van der Waals surface area contributed by atoms with Gasteiger partial charge in [-0.25, -0.2) is 4.79 Å². The molecule has 0 radical (unpaired) electrons. The summed E-state index contributed by atoms with van der Waals surface area (Å²) in [6.45, 7) is 12.9. The zero-order chi connectivity index (χ0) is 50.3. The highest BCUT2D eigenvalue weighted by Gasteiger charge is 2.53. The number of piperidine rings is 1. The molecule has 3 heterocycles. The van der Waals surface area contributed by atoms with E-state index < -0.39 is 77.8 Å². The van der Waals surface area contributed by atoms with E-state index in [4.69, 9.17) is 28.4 Å². The zero-order valence-corrected chi connectivity index (χ0v) is 42.4. The van der Waals surface area contributed by atoms with Gasteiger partial charge in [0, 0.05) is 58.5 Å². The lowest BCUT2D eigenvalue weighted by Gasteiger charge is -2.42. The van der Waals surface area contributed by atoms with E-state index in [1.54, 1.807) is 41.1 Å². The first-order chi connectivity index (χ1) is 32.3. The van der Waals surface area contributed by atoms with E-state index in [0.717, 1.165) is 12.0 Å². The normalized spacial score (nSPS) is 37.9. The lowest BCUT2D eigenvalue weighted by atomic mass is 9.78. The fourth-order valence-corrected chi connectivity index (χ4v) is 10.5. The maximum Gasteiger partial charge on any atom is 0.329 e. The van der Waals surface area contributed by atoms with Gasteiger partial charge in [0.15, 0.2) is 5.78 Å². The van der Waals surface area contributed by atoms with Gasteiger partial charge in [-0.05, 0) is 107 Å². The number of Topliss-reactive ketones (excluding diaryl/α,β-unsaturated/α-hetero) is 3. The van der Waals surface area contributed by atoms with Crippen molar-refractivity contribution in [2.45, 2.75) is 180 Å². The number of allylic oxidation sites excluding steroid dienone is 6. The van der Waals surface area contributed by atoms with Crippen LogP contribution < -0.4 is 0 Å². The number of ketones is 3. The second kappa shape index (κ2) is 27.3. The Morgan fingerprint density at radius 1 is 0.853 bits per heavy atom. The van der Waals surface area contributed by atoms with Gasteiger partial charge in [-0.15, -0.1) is 0 Å². The van der Waals surface area contributed by atoms with Gasteiger partial charge in [0.25, 0.3) is 11.7 Å². The molecule has 0 aromatic carbocycles. The van der Waals surface area contributed by atoms with Crippen molar-refractivity contribution in [1.29, 1.82) is 0 Å². The fraction of sp³-hybridized carbons (Fsp3) is 0.755. The first kappa shape index (κ1) is 57.2. The van der Waals surface area contributed by atoms with Crippen molar-refractivity contribution >= 4 is 29.2 Å². The molecule has 3 N–H and O–H groups in total. The Balaban J connectivity index is 1.70. The van der Waals surface area contributed by atoms with Gasteiger partial charge in [0.2, 0.25) is 5.79 Å². The van der Waals surface area contributed by atoms with Crippen LogP contribution in [0.15, 0.2) is 47.6 Å². The fourth-order valence-electron chi connectivity index (χ4n) is 10.5. The van der Waals surface area contributed by atoms with Crippen LogP contribution in [-0.2, 0) is 52.4 Å². The third-order valence-corrected chi connectivity index (χ3v) is 14.9. The molecule has 0 aromatic rings. The number of hydrogen-bond acceptors (Lipinski definition) is 14. The molecule has 3 fully saturated rings. The van der Waals surface area contributed by atoms with Crippen LogP contribution in [0.5, 0.6) is 0 Å². The Hall–Kier alpha value is -3.41.